The first-order valence-electron chi connectivity index (χ1n) is 5.21. The number of carboxylic acids is 1. The third-order valence-electron chi connectivity index (χ3n) is 2.79. The Balaban J connectivity index is 3.10. The Morgan fingerprint density at radius 1 is 1.53 bits per heavy atom. The molecular weight excluding hydrogens is 222 g/mol. The number of nitrogens with zero attached hydrogens (tertiary/aromatic N) is 3. The van der Waals surface area contributed by atoms with Crippen molar-refractivity contribution in [2.45, 2.75) is 26.3 Å². The summed E-state index contributed by atoms with van der Waals surface area (Å²) in [7, 11) is 1.76. The minimum absolute atomic E-state index is 0.0490. The van der Waals surface area contributed by atoms with Crippen LogP contribution in [-0.2, 0) is 0 Å². The van der Waals surface area contributed by atoms with Crippen LogP contribution in [0.15, 0.2) is 6.20 Å². The lowest BCUT2D eigenvalue weighted by Gasteiger charge is -2.33. The number of aliphatic hydroxyl groups is 1. The number of hydrogen-bond donors (Lipinski definition) is 2. The van der Waals surface area contributed by atoms with Gasteiger partial charge < -0.3 is 15.1 Å². The molecule has 0 aliphatic carbocycles. The summed E-state index contributed by atoms with van der Waals surface area (Å²) < 4.78 is 0. The fourth-order valence-corrected chi connectivity index (χ4v) is 1.20. The molecule has 0 unspecified atom stereocenters. The number of anilines is 1. The van der Waals surface area contributed by atoms with Gasteiger partial charge in [-0.25, -0.2) is 14.8 Å². The highest BCUT2D eigenvalue weighted by molar-refractivity contribution is 5.88. The van der Waals surface area contributed by atoms with Crippen LogP contribution in [0.2, 0.25) is 0 Å². The minimum Gasteiger partial charge on any atom is -0.478 e. The third-order valence-corrected chi connectivity index (χ3v) is 2.79. The zero-order valence-corrected chi connectivity index (χ0v) is 10.4. The van der Waals surface area contributed by atoms with E-state index in [0.29, 0.717) is 11.6 Å². The van der Waals surface area contributed by atoms with Crippen LogP contribution in [-0.4, -0.2) is 45.3 Å². The molecule has 0 aromatic carbocycles. The van der Waals surface area contributed by atoms with Crippen LogP contribution in [0.4, 0.5) is 5.95 Å². The predicted octanol–water partition coefficient (Wildman–Crippen LogP) is 0.690. The van der Waals surface area contributed by atoms with E-state index in [-0.39, 0.29) is 12.2 Å². The van der Waals surface area contributed by atoms with Gasteiger partial charge in [0.1, 0.15) is 0 Å². The first-order chi connectivity index (χ1) is 7.79. The highest BCUT2D eigenvalue weighted by Gasteiger charge is 2.25. The fraction of sp³-hybridized carbons (Fsp3) is 0.545. The predicted molar refractivity (Wildman–Crippen MR) is 63.3 cm³/mol. The number of carbonyl (C=O) groups is 1. The topological polar surface area (TPSA) is 86.5 Å². The smallest absolute Gasteiger partial charge is 0.339 e. The van der Waals surface area contributed by atoms with E-state index < -0.39 is 11.5 Å². The average Bonchev–Trinajstić information content (AvgIpc) is 2.27. The SMILES string of the molecule is Cc1nc(N(C)C(C)(C)CO)ncc1C(=O)O. The van der Waals surface area contributed by atoms with E-state index in [2.05, 4.69) is 9.97 Å². The van der Waals surface area contributed by atoms with Gasteiger partial charge in [0.2, 0.25) is 5.95 Å². The van der Waals surface area contributed by atoms with Gasteiger partial charge in [-0.15, -0.1) is 0 Å². The van der Waals surface area contributed by atoms with Gasteiger partial charge in [0.15, 0.2) is 0 Å². The highest BCUT2D eigenvalue weighted by atomic mass is 16.4. The van der Waals surface area contributed by atoms with E-state index in [1.807, 2.05) is 13.8 Å². The van der Waals surface area contributed by atoms with Crippen LogP contribution in [0, 0.1) is 6.92 Å². The monoisotopic (exact) mass is 239 g/mol. The fourth-order valence-electron chi connectivity index (χ4n) is 1.20. The van der Waals surface area contributed by atoms with Gasteiger partial charge in [0.05, 0.1) is 23.4 Å². The van der Waals surface area contributed by atoms with Crippen LogP contribution in [0.1, 0.15) is 29.9 Å². The molecule has 1 heterocycles. The number of aryl methyl sites for hydroxylation is 1. The van der Waals surface area contributed by atoms with Crippen molar-refractivity contribution in [3.05, 3.63) is 17.5 Å². The molecule has 17 heavy (non-hydrogen) atoms. The molecule has 0 radical (unpaired) electrons. The van der Waals surface area contributed by atoms with Crippen molar-refractivity contribution in [3.63, 3.8) is 0 Å². The highest BCUT2D eigenvalue weighted by Crippen LogP contribution is 2.18. The maximum Gasteiger partial charge on any atom is 0.339 e. The van der Waals surface area contributed by atoms with Gasteiger partial charge in [0, 0.05) is 13.2 Å². The Morgan fingerprint density at radius 2 is 2.12 bits per heavy atom. The molecule has 6 nitrogen and oxygen atoms in total. The summed E-state index contributed by atoms with van der Waals surface area (Å²) in [4.78, 5) is 20.7. The van der Waals surface area contributed by atoms with E-state index in [1.54, 1.807) is 18.9 Å². The van der Waals surface area contributed by atoms with Gasteiger partial charge in [-0.3, -0.25) is 0 Å². The summed E-state index contributed by atoms with van der Waals surface area (Å²) in [5.41, 5.74) is -0.0102. The number of aromatic carboxylic acids is 1. The van der Waals surface area contributed by atoms with Crippen LogP contribution in [0.5, 0.6) is 0 Å². The molecule has 0 aliphatic rings. The number of aromatic nitrogens is 2. The molecule has 0 atom stereocenters. The van der Waals surface area contributed by atoms with Crippen LogP contribution in [0.25, 0.3) is 0 Å². The molecule has 0 saturated carbocycles. The first-order valence-corrected chi connectivity index (χ1v) is 5.21. The summed E-state index contributed by atoms with van der Waals surface area (Å²) in [6.07, 6.45) is 1.28. The van der Waals surface area contributed by atoms with E-state index in [1.165, 1.54) is 6.20 Å². The molecule has 0 fully saturated rings. The Hall–Kier alpha value is -1.69. The van der Waals surface area contributed by atoms with Crippen molar-refractivity contribution in [1.82, 2.24) is 9.97 Å². The van der Waals surface area contributed by atoms with Crippen LogP contribution in [0.3, 0.4) is 0 Å². The lowest BCUT2D eigenvalue weighted by atomic mass is 10.1. The maximum atomic E-state index is 10.8. The summed E-state index contributed by atoms with van der Waals surface area (Å²) in [6, 6.07) is 0. The van der Waals surface area contributed by atoms with Crippen LogP contribution >= 0.6 is 0 Å². The summed E-state index contributed by atoms with van der Waals surface area (Å²) >= 11 is 0. The van der Waals surface area contributed by atoms with Crippen molar-refractivity contribution in [2.24, 2.45) is 0 Å². The van der Waals surface area contributed by atoms with Crippen LogP contribution < -0.4 is 4.90 Å². The molecular formula is C11H17N3O3. The largest absolute Gasteiger partial charge is 0.478 e. The summed E-state index contributed by atoms with van der Waals surface area (Å²) in [6.45, 7) is 5.26. The third kappa shape index (κ3) is 2.71. The zero-order chi connectivity index (χ0) is 13.2. The van der Waals surface area contributed by atoms with Crippen molar-refractivity contribution in [2.75, 3.05) is 18.6 Å². The number of hydrogen-bond acceptors (Lipinski definition) is 5. The second-order valence-electron chi connectivity index (χ2n) is 4.50. The second kappa shape index (κ2) is 4.67. The summed E-state index contributed by atoms with van der Waals surface area (Å²) in [5, 5.41) is 18.1. The molecule has 6 heteroatoms. The Kier molecular flexibility index (Phi) is 3.67. The van der Waals surface area contributed by atoms with Gasteiger partial charge in [0.25, 0.3) is 0 Å². The molecule has 0 aliphatic heterocycles. The molecule has 1 aromatic rings. The van der Waals surface area contributed by atoms with Gasteiger partial charge in [-0.05, 0) is 20.8 Å². The normalized spacial score (nSPS) is 11.4. The Morgan fingerprint density at radius 3 is 2.53 bits per heavy atom. The first kappa shape index (κ1) is 13.4. The molecule has 0 saturated heterocycles. The van der Waals surface area contributed by atoms with E-state index in [0.717, 1.165) is 0 Å². The Bertz CT molecular complexity index is 432. The zero-order valence-electron chi connectivity index (χ0n) is 10.4. The van der Waals surface area contributed by atoms with Gasteiger partial charge in [-0.2, -0.15) is 0 Å². The molecule has 94 valence electrons. The van der Waals surface area contributed by atoms with Gasteiger partial charge in [-0.1, -0.05) is 0 Å². The lowest BCUT2D eigenvalue weighted by molar-refractivity contribution is 0.0695. The number of aliphatic hydroxyl groups excluding tert-OH is 1. The number of likely N-dealkylation sites (N-methyl/N-ethyl adjacent to an activating group) is 1. The molecule has 0 bridgehead atoms. The van der Waals surface area contributed by atoms with Crippen molar-refractivity contribution in [3.8, 4) is 0 Å². The lowest BCUT2D eigenvalue weighted by Crippen LogP contribution is -2.45. The summed E-state index contributed by atoms with van der Waals surface area (Å²) in [5.74, 6) is -0.648. The minimum atomic E-state index is -1.04. The van der Waals surface area contributed by atoms with E-state index >= 15 is 0 Å². The second-order valence-corrected chi connectivity index (χ2v) is 4.50. The molecule has 1 rings (SSSR count). The van der Waals surface area contributed by atoms with Crippen molar-refractivity contribution in [1.29, 1.82) is 0 Å². The quantitative estimate of drug-likeness (QED) is 0.804. The molecule has 1 aromatic heterocycles. The maximum absolute atomic E-state index is 10.8. The Labute approximate surface area is 99.9 Å². The van der Waals surface area contributed by atoms with Crippen molar-refractivity contribution < 1.29 is 15.0 Å². The van der Waals surface area contributed by atoms with Crippen molar-refractivity contribution >= 4 is 11.9 Å². The molecule has 0 amide bonds. The average molecular weight is 239 g/mol. The number of rotatable bonds is 4. The molecule has 0 spiro atoms. The standard InChI is InChI=1S/C11H17N3O3/c1-7-8(9(16)17)5-12-10(13-7)14(4)11(2,3)6-15/h5,15H,6H2,1-4H3,(H,16,17). The molecule has 2 N–H and O–H groups in total. The number of carboxylic acid groups (broad SMARTS) is 1. The van der Waals surface area contributed by atoms with E-state index in [4.69, 9.17) is 5.11 Å². The van der Waals surface area contributed by atoms with Gasteiger partial charge >= 0.3 is 5.97 Å². The van der Waals surface area contributed by atoms with E-state index in [9.17, 15) is 9.90 Å².